The lowest BCUT2D eigenvalue weighted by Crippen LogP contribution is -2.05. The summed E-state index contributed by atoms with van der Waals surface area (Å²) in [5, 5.41) is 3.66. The van der Waals surface area contributed by atoms with Crippen molar-refractivity contribution < 1.29 is 0 Å². The molecule has 0 aliphatic heterocycles. The van der Waals surface area contributed by atoms with Crippen molar-refractivity contribution in [2.45, 2.75) is 0 Å². The van der Waals surface area contributed by atoms with Crippen LogP contribution in [0, 0.1) is 0 Å². The van der Waals surface area contributed by atoms with Crippen LogP contribution in [0.2, 0.25) is 0 Å². The van der Waals surface area contributed by atoms with E-state index in [0.717, 1.165) is 61.5 Å². The van der Waals surface area contributed by atoms with Gasteiger partial charge in [-0.1, -0.05) is 146 Å². The molecule has 0 atom stereocenters. The van der Waals surface area contributed by atoms with E-state index in [1.807, 2.05) is 12.1 Å². The number of nitrogens with zero attached hydrogens (tertiary/aromatic N) is 4. The lowest BCUT2D eigenvalue weighted by atomic mass is 10.0. The number of rotatable bonds is 6. The van der Waals surface area contributed by atoms with Gasteiger partial charge in [0.25, 0.3) is 0 Å². The highest BCUT2D eigenvalue weighted by molar-refractivity contribution is 6.09. The Morgan fingerprint density at radius 2 is 0.846 bits per heavy atom. The minimum atomic E-state index is 0.636. The van der Waals surface area contributed by atoms with Gasteiger partial charge in [0.15, 0.2) is 0 Å². The molecular weight excluding hydrogens is 633 g/mol. The van der Waals surface area contributed by atoms with Gasteiger partial charge < -0.3 is 4.57 Å². The number of aromatic nitrogens is 4. The number of hydrogen-bond donors (Lipinski definition) is 0. The molecule has 0 saturated carbocycles. The SMILES string of the molecule is c1ccc(-c2cc(-c3ccccc3)nc(-n3c(-c4cccc(-c5ccc(-n6c7ccccc7c7ccccc76)cc5)c4)cc4ccccc43)n2)cc1. The smallest absolute Gasteiger partial charge is 0.235 e. The normalized spacial score (nSPS) is 11.5. The van der Waals surface area contributed by atoms with Crippen LogP contribution in [0.4, 0.5) is 0 Å². The Morgan fingerprint density at radius 3 is 1.48 bits per heavy atom. The average molecular weight is 665 g/mol. The first-order chi connectivity index (χ1) is 25.8. The van der Waals surface area contributed by atoms with Crippen molar-refractivity contribution in [3.05, 3.63) is 194 Å². The Labute approximate surface area is 301 Å². The quantitative estimate of drug-likeness (QED) is 0.177. The predicted octanol–water partition coefficient (Wildman–Crippen LogP) is 12.2. The maximum atomic E-state index is 5.22. The summed E-state index contributed by atoms with van der Waals surface area (Å²) in [6, 6.07) is 68.5. The fourth-order valence-corrected chi connectivity index (χ4v) is 7.49. The predicted molar refractivity (Wildman–Crippen MR) is 215 cm³/mol. The molecule has 4 heteroatoms. The fraction of sp³-hybridized carbons (Fsp3) is 0. The summed E-state index contributed by atoms with van der Waals surface area (Å²) < 4.78 is 4.56. The summed E-state index contributed by atoms with van der Waals surface area (Å²) in [5.74, 6) is 0.636. The Balaban J connectivity index is 1.10. The van der Waals surface area contributed by atoms with E-state index in [1.54, 1.807) is 0 Å². The summed E-state index contributed by atoms with van der Waals surface area (Å²) >= 11 is 0. The third-order valence-corrected chi connectivity index (χ3v) is 9.96. The maximum absolute atomic E-state index is 5.22. The van der Waals surface area contributed by atoms with Gasteiger partial charge in [-0.2, -0.15) is 0 Å². The Bertz CT molecular complexity index is 2770. The molecule has 0 aliphatic carbocycles. The topological polar surface area (TPSA) is 35.6 Å². The summed E-state index contributed by atoms with van der Waals surface area (Å²) in [4.78, 5) is 10.4. The molecule has 244 valence electrons. The van der Waals surface area contributed by atoms with Crippen molar-refractivity contribution in [2.75, 3.05) is 0 Å². The molecule has 0 saturated heterocycles. The zero-order valence-corrected chi connectivity index (χ0v) is 28.3. The van der Waals surface area contributed by atoms with E-state index in [2.05, 4.69) is 191 Å². The van der Waals surface area contributed by atoms with Gasteiger partial charge in [-0.05, 0) is 65.2 Å². The second-order valence-electron chi connectivity index (χ2n) is 13.1. The van der Waals surface area contributed by atoms with Crippen LogP contribution in [0.5, 0.6) is 0 Å². The standard InChI is InChI=1S/C48H32N4/c1-3-14-34(15-4-1)42-32-43(35-16-5-2-6-17-35)50-48(49-42)52-44-23-10-7-18-38(44)31-47(52)37-20-13-19-36(30-37)33-26-28-39(29-27-33)51-45-24-11-8-21-40(45)41-22-9-12-25-46(41)51/h1-32H. The summed E-state index contributed by atoms with van der Waals surface area (Å²) in [7, 11) is 0. The maximum Gasteiger partial charge on any atom is 0.235 e. The van der Waals surface area contributed by atoms with Gasteiger partial charge in [-0.3, -0.25) is 4.57 Å². The second-order valence-corrected chi connectivity index (χ2v) is 13.1. The molecule has 3 heterocycles. The van der Waals surface area contributed by atoms with Crippen molar-refractivity contribution in [2.24, 2.45) is 0 Å². The summed E-state index contributed by atoms with van der Waals surface area (Å²) in [6.45, 7) is 0. The minimum absolute atomic E-state index is 0.636. The van der Waals surface area contributed by atoms with E-state index >= 15 is 0 Å². The lowest BCUT2D eigenvalue weighted by Gasteiger charge is -2.14. The van der Waals surface area contributed by atoms with Crippen LogP contribution in [0.15, 0.2) is 194 Å². The van der Waals surface area contributed by atoms with E-state index < -0.39 is 0 Å². The molecule has 10 rings (SSSR count). The van der Waals surface area contributed by atoms with E-state index in [9.17, 15) is 0 Å². The first kappa shape index (κ1) is 29.8. The molecule has 0 amide bonds. The molecule has 10 aromatic rings. The molecule has 0 aliphatic rings. The molecule has 0 N–H and O–H groups in total. The zero-order valence-electron chi connectivity index (χ0n) is 28.3. The molecule has 3 aromatic heterocycles. The Morgan fingerprint density at radius 1 is 0.327 bits per heavy atom. The Kier molecular flexibility index (Phi) is 7.10. The molecular formula is C48H32N4. The van der Waals surface area contributed by atoms with Gasteiger partial charge in [0, 0.05) is 33.0 Å². The molecule has 0 radical (unpaired) electrons. The Hall–Kier alpha value is -7.04. The summed E-state index contributed by atoms with van der Waals surface area (Å²) in [5.41, 5.74) is 12.9. The number of benzene rings is 7. The van der Waals surface area contributed by atoms with Gasteiger partial charge in [0.1, 0.15) is 0 Å². The van der Waals surface area contributed by atoms with Crippen LogP contribution in [0.3, 0.4) is 0 Å². The van der Waals surface area contributed by atoms with E-state index in [0.29, 0.717) is 5.95 Å². The van der Waals surface area contributed by atoms with Gasteiger partial charge in [0.2, 0.25) is 5.95 Å². The fourth-order valence-electron chi connectivity index (χ4n) is 7.49. The van der Waals surface area contributed by atoms with Crippen LogP contribution in [0.25, 0.3) is 89.2 Å². The van der Waals surface area contributed by atoms with Gasteiger partial charge in [0.05, 0.1) is 33.6 Å². The van der Waals surface area contributed by atoms with Crippen molar-refractivity contribution in [1.29, 1.82) is 0 Å². The minimum Gasteiger partial charge on any atom is -0.309 e. The third kappa shape index (κ3) is 5.09. The molecule has 0 spiro atoms. The van der Waals surface area contributed by atoms with Gasteiger partial charge in [-0.15, -0.1) is 0 Å². The third-order valence-electron chi connectivity index (χ3n) is 9.96. The molecule has 0 bridgehead atoms. The van der Waals surface area contributed by atoms with Crippen LogP contribution < -0.4 is 0 Å². The van der Waals surface area contributed by atoms with Crippen molar-refractivity contribution in [3.63, 3.8) is 0 Å². The molecule has 52 heavy (non-hydrogen) atoms. The van der Waals surface area contributed by atoms with Crippen LogP contribution in [-0.4, -0.2) is 19.1 Å². The monoisotopic (exact) mass is 664 g/mol. The molecule has 7 aromatic carbocycles. The van der Waals surface area contributed by atoms with Gasteiger partial charge >= 0.3 is 0 Å². The van der Waals surface area contributed by atoms with Crippen molar-refractivity contribution in [3.8, 4) is 56.5 Å². The number of para-hydroxylation sites is 3. The van der Waals surface area contributed by atoms with Crippen LogP contribution >= 0.6 is 0 Å². The van der Waals surface area contributed by atoms with Gasteiger partial charge in [-0.25, -0.2) is 9.97 Å². The second kappa shape index (κ2) is 12.4. The van der Waals surface area contributed by atoms with Crippen LogP contribution in [-0.2, 0) is 0 Å². The average Bonchev–Trinajstić information content (AvgIpc) is 3.78. The highest BCUT2D eigenvalue weighted by Crippen LogP contribution is 2.36. The van der Waals surface area contributed by atoms with Crippen molar-refractivity contribution in [1.82, 2.24) is 19.1 Å². The molecule has 4 nitrogen and oxygen atoms in total. The first-order valence-corrected chi connectivity index (χ1v) is 17.6. The van der Waals surface area contributed by atoms with Crippen LogP contribution in [0.1, 0.15) is 0 Å². The highest BCUT2D eigenvalue weighted by Gasteiger charge is 2.18. The zero-order chi connectivity index (χ0) is 34.4. The number of fused-ring (bicyclic) bond motifs is 4. The molecule has 0 fully saturated rings. The number of hydrogen-bond acceptors (Lipinski definition) is 2. The molecule has 0 unspecified atom stereocenters. The van der Waals surface area contributed by atoms with E-state index in [-0.39, 0.29) is 0 Å². The lowest BCUT2D eigenvalue weighted by molar-refractivity contribution is 0.974. The largest absolute Gasteiger partial charge is 0.309 e. The van der Waals surface area contributed by atoms with Crippen molar-refractivity contribution >= 4 is 32.7 Å². The van der Waals surface area contributed by atoms with E-state index in [1.165, 1.54) is 21.8 Å². The summed E-state index contributed by atoms with van der Waals surface area (Å²) in [6.07, 6.45) is 0. The highest BCUT2D eigenvalue weighted by atomic mass is 15.2. The first-order valence-electron chi connectivity index (χ1n) is 17.6. The van der Waals surface area contributed by atoms with E-state index in [4.69, 9.17) is 9.97 Å².